The molecule has 2 aromatic carbocycles. The standard InChI is InChI=1S/C28H28F2N4O4/c29-21-9-7-20(8-10-21)24-18-25(22-4-1-2-5-23(22)30)34(31-24)27(35)19-33(28(36)26-6-3-15-38-26)12-11-32-13-16-37-17-14-32/h1-10,15,25H,11-14,16-19H2/t25-/m0/s1. The minimum atomic E-state index is -0.705. The normalized spacial score (nSPS) is 17.9. The van der Waals surface area contributed by atoms with Crippen LogP contribution in [-0.4, -0.2) is 78.3 Å². The van der Waals surface area contributed by atoms with Crippen LogP contribution in [0.2, 0.25) is 0 Å². The molecule has 2 aliphatic rings. The molecular weight excluding hydrogens is 494 g/mol. The highest BCUT2D eigenvalue weighted by atomic mass is 19.1. The lowest BCUT2D eigenvalue weighted by atomic mass is 9.98. The summed E-state index contributed by atoms with van der Waals surface area (Å²) in [6.45, 7) is 3.29. The van der Waals surface area contributed by atoms with E-state index in [1.165, 1.54) is 34.4 Å². The summed E-state index contributed by atoms with van der Waals surface area (Å²) in [5.41, 5.74) is 1.49. The smallest absolute Gasteiger partial charge is 0.290 e. The molecule has 0 unspecified atom stereocenters. The third-order valence-electron chi connectivity index (χ3n) is 6.74. The van der Waals surface area contributed by atoms with Crippen molar-refractivity contribution in [1.29, 1.82) is 0 Å². The largest absolute Gasteiger partial charge is 0.459 e. The van der Waals surface area contributed by atoms with Crippen LogP contribution in [0.25, 0.3) is 0 Å². The Morgan fingerprint density at radius 2 is 1.76 bits per heavy atom. The van der Waals surface area contributed by atoms with Gasteiger partial charge >= 0.3 is 0 Å². The van der Waals surface area contributed by atoms with Gasteiger partial charge in [-0.05, 0) is 35.9 Å². The summed E-state index contributed by atoms with van der Waals surface area (Å²) >= 11 is 0. The average molecular weight is 523 g/mol. The molecule has 3 heterocycles. The molecule has 5 rings (SSSR count). The number of nitrogens with zero attached hydrogens (tertiary/aromatic N) is 4. The average Bonchev–Trinajstić information content (AvgIpc) is 3.63. The Labute approximate surface area is 219 Å². The van der Waals surface area contributed by atoms with E-state index in [1.807, 2.05) is 0 Å². The van der Waals surface area contributed by atoms with Crippen molar-refractivity contribution in [3.05, 3.63) is 95.4 Å². The first-order valence-corrected chi connectivity index (χ1v) is 12.5. The molecule has 3 aromatic rings. The molecule has 0 spiro atoms. The van der Waals surface area contributed by atoms with Gasteiger partial charge in [-0.3, -0.25) is 14.5 Å². The molecule has 10 heteroatoms. The Kier molecular flexibility index (Phi) is 7.90. The van der Waals surface area contributed by atoms with Gasteiger partial charge in [-0.15, -0.1) is 0 Å². The quantitative estimate of drug-likeness (QED) is 0.451. The number of benzene rings is 2. The zero-order chi connectivity index (χ0) is 26.5. The van der Waals surface area contributed by atoms with Gasteiger partial charge in [-0.25, -0.2) is 13.8 Å². The van der Waals surface area contributed by atoms with Crippen LogP contribution in [0.3, 0.4) is 0 Å². The molecule has 2 amide bonds. The van der Waals surface area contributed by atoms with Crippen molar-refractivity contribution in [2.45, 2.75) is 12.5 Å². The number of ether oxygens (including phenoxy) is 1. The van der Waals surface area contributed by atoms with E-state index < -0.39 is 29.5 Å². The number of hydrogen-bond donors (Lipinski definition) is 0. The predicted molar refractivity (Wildman–Crippen MR) is 135 cm³/mol. The first-order chi connectivity index (χ1) is 18.5. The molecule has 38 heavy (non-hydrogen) atoms. The van der Waals surface area contributed by atoms with Crippen molar-refractivity contribution in [1.82, 2.24) is 14.8 Å². The monoisotopic (exact) mass is 522 g/mol. The SMILES string of the molecule is O=C(c1ccco1)N(CCN1CCOCC1)CC(=O)N1N=C(c2ccc(F)cc2)C[C@H]1c1ccccc1F. The Morgan fingerprint density at radius 1 is 1.00 bits per heavy atom. The highest BCUT2D eigenvalue weighted by Gasteiger charge is 2.36. The summed E-state index contributed by atoms with van der Waals surface area (Å²) in [6, 6.07) is 14.5. The zero-order valence-electron chi connectivity index (χ0n) is 20.8. The molecule has 1 saturated heterocycles. The van der Waals surface area contributed by atoms with Gasteiger partial charge in [0.05, 0.1) is 31.2 Å². The van der Waals surface area contributed by atoms with Gasteiger partial charge in [-0.1, -0.05) is 30.3 Å². The minimum Gasteiger partial charge on any atom is -0.459 e. The second-order valence-corrected chi connectivity index (χ2v) is 9.19. The molecule has 0 bridgehead atoms. The zero-order valence-corrected chi connectivity index (χ0v) is 20.8. The summed E-state index contributed by atoms with van der Waals surface area (Å²) in [7, 11) is 0. The van der Waals surface area contributed by atoms with E-state index in [2.05, 4.69) is 10.0 Å². The van der Waals surface area contributed by atoms with E-state index in [4.69, 9.17) is 9.15 Å². The van der Waals surface area contributed by atoms with Crippen LogP contribution >= 0.6 is 0 Å². The summed E-state index contributed by atoms with van der Waals surface area (Å²) in [5, 5.41) is 5.78. The fourth-order valence-corrected chi connectivity index (χ4v) is 4.68. The maximum atomic E-state index is 14.8. The third-order valence-corrected chi connectivity index (χ3v) is 6.74. The summed E-state index contributed by atoms with van der Waals surface area (Å²) < 4.78 is 39.0. The number of morpholine rings is 1. The molecular formula is C28H28F2N4O4. The van der Waals surface area contributed by atoms with Crippen LogP contribution in [-0.2, 0) is 9.53 Å². The number of furan rings is 1. The fraction of sp³-hybridized carbons (Fsp3) is 0.321. The molecule has 0 N–H and O–H groups in total. The Morgan fingerprint density at radius 3 is 2.47 bits per heavy atom. The van der Waals surface area contributed by atoms with Crippen molar-refractivity contribution in [2.75, 3.05) is 45.9 Å². The maximum absolute atomic E-state index is 14.8. The fourth-order valence-electron chi connectivity index (χ4n) is 4.68. The Hall–Kier alpha value is -3.89. The van der Waals surface area contributed by atoms with Crippen LogP contribution in [0.5, 0.6) is 0 Å². The summed E-state index contributed by atoms with van der Waals surface area (Å²) in [6.07, 6.45) is 1.65. The molecule has 0 saturated carbocycles. The van der Waals surface area contributed by atoms with Gasteiger partial charge in [0.2, 0.25) is 0 Å². The Balaban J connectivity index is 1.40. The minimum absolute atomic E-state index is 0.127. The molecule has 0 radical (unpaired) electrons. The van der Waals surface area contributed by atoms with E-state index in [0.29, 0.717) is 36.6 Å². The molecule has 8 nitrogen and oxygen atoms in total. The number of halogens is 2. The highest BCUT2D eigenvalue weighted by molar-refractivity contribution is 6.03. The second-order valence-electron chi connectivity index (χ2n) is 9.19. The highest BCUT2D eigenvalue weighted by Crippen LogP contribution is 2.34. The number of carbonyl (C=O) groups is 2. The van der Waals surface area contributed by atoms with E-state index in [9.17, 15) is 18.4 Å². The molecule has 198 valence electrons. The molecule has 1 atom stereocenters. The summed E-state index contributed by atoms with van der Waals surface area (Å²) in [4.78, 5) is 30.5. The van der Waals surface area contributed by atoms with E-state index in [0.717, 1.165) is 13.1 Å². The van der Waals surface area contributed by atoms with Gasteiger partial charge < -0.3 is 14.1 Å². The molecule has 1 fully saturated rings. The lowest BCUT2D eigenvalue weighted by molar-refractivity contribution is -0.133. The number of hydrogen-bond acceptors (Lipinski definition) is 6. The van der Waals surface area contributed by atoms with Crippen molar-refractivity contribution in [3.63, 3.8) is 0 Å². The van der Waals surface area contributed by atoms with E-state index in [1.54, 1.807) is 42.5 Å². The van der Waals surface area contributed by atoms with Crippen molar-refractivity contribution in [2.24, 2.45) is 5.10 Å². The van der Waals surface area contributed by atoms with Crippen LogP contribution in [0.1, 0.15) is 34.1 Å². The predicted octanol–water partition coefficient (Wildman–Crippen LogP) is 3.71. The maximum Gasteiger partial charge on any atom is 0.290 e. The number of carbonyl (C=O) groups excluding carboxylic acids is 2. The molecule has 2 aliphatic heterocycles. The second kappa shape index (κ2) is 11.7. The lowest BCUT2D eigenvalue weighted by Crippen LogP contribution is -2.46. The van der Waals surface area contributed by atoms with Crippen LogP contribution in [0, 0.1) is 11.6 Å². The van der Waals surface area contributed by atoms with Crippen molar-refractivity contribution < 1.29 is 27.5 Å². The Bertz CT molecular complexity index is 1290. The van der Waals surface area contributed by atoms with Gasteiger partial charge in [-0.2, -0.15) is 5.10 Å². The molecule has 0 aliphatic carbocycles. The van der Waals surface area contributed by atoms with Crippen molar-refractivity contribution in [3.8, 4) is 0 Å². The van der Waals surface area contributed by atoms with E-state index in [-0.39, 0.29) is 25.3 Å². The van der Waals surface area contributed by atoms with E-state index >= 15 is 0 Å². The number of amides is 2. The third kappa shape index (κ3) is 5.81. The van der Waals surface area contributed by atoms with Gasteiger partial charge in [0, 0.05) is 38.2 Å². The number of rotatable bonds is 8. The lowest BCUT2D eigenvalue weighted by Gasteiger charge is -2.30. The van der Waals surface area contributed by atoms with Gasteiger partial charge in [0.1, 0.15) is 18.2 Å². The number of hydrazone groups is 1. The van der Waals surface area contributed by atoms with Gasteiger partial charge in [0.25, 0.3) is 11.8 Å². The van der Waals surface area contributed by atoms with Crippen molar-refractivity contribution >= 4 is 17.5 Å². The van der Waals surface area contributed by atoms with Crippen LogP contribution in [0.4, 0.5) is 8.78 Å². The van der Waals surface area contributed by atoms with Crippen LogP contribution < -0.4 is 0 Å². The van der Waals surface area contributed by atoms with Gasteiger partial charge in [0.15, 0.2) is 5.76 Å². The topological polar surface area (TPSA) is 78.6 Å². The first-order valence-electron chi connectivity index (χ1n) is 12.5. The first kappa shape index (κ1) is 25.7. The summed E-state index contributed by atoms with van der Waals surface area (Å²) in [5.74, 6) is -1.60. The van der Waals surface area contributed by atoms with Crippen LogP contribution in [0.15, 0.2) is 76.4 Å². The molecule has 1 aromatic heterocycles.